The van der Waals surface area contributed by atoms with E-state index in [1.807, 2.05) is 25.1 Å². The van der Waals surface area contributed by atoms with Crippen molar-refractivity contribution >= 4 is 5.84 Å². The predicted octanol–water partition coefficient (Wildman–Crippen LogP) is 2.78. The molecular weight excluding hydrogens is 250 g/mol. The van der Waals surface area contributed by atoms with E-state index in [-0.39, 0.29) is 5.84 Å². The number of amidine groups is 1. The molecule has 0 amide bonds. The molecule has 0 heterocycles. The van der Waals surface area contributed by atoms with E-state index in [9.17, 15) is 0 Å². The number of hydrogen-bond acceptors (Lipinski definition) is 3. The molecule has 0 radical (unpaired) electrons. The third kappa shape index (κ3) is 4.53. The van der Waals surface area contributed by atoms with Crippen LogP contribution in [0, 0.1) is 12.3 Å². The summed E-state index contributed by atoms with van der Waals surface area (Å²) in [6.07, 6.45) is 0. The Morgan fingerprint density at radius 3 is 2.35 bits per heavy atom. The second kappa shape index (κ2) is 7.29. The van der Waals surface area contributed by atoms with E-state index in [2.05, 4.69) is 32.6 Å². The molecule has 4 heteroatoms. The van der Waals surface area contributed by atoms with Crippen LogP contribution in [0.2, 0.25) is 0 Å². The van der Waals surface area contributed by atoms with Gasteiger partial charge >= 0.3 is 0 Å². The second-order valence-electron chi connectivity index (χ2n) is 5.69. The van der Waals surface area contributed by atoms with Crippen molar-refractivity contribution in [3.63, 3.8) is 0 Å². The Kier molecular flexibility index (Phi) is 6.02. The zero-order valence-electron chi connectivity index (χ0n) is 13.2. The number of rotatable bonds is 7. The Bertz CT molecular complexity index is 447. The minimum Gasteiger partial charge on any atom is -0.491 e. The first-order valence-electron chi connectivity index (χ1n) is 7.16. The summed E-state index contributed by atoms with van der Waals surface area (Å²) < 4.78 is 5.82. The Hall–Kier alpha value is -1.55. The Morgan fingerprint density at radius 2 is 1.85 bits per heavy atom. The summed E-state index contributed by atoms with van der Waals surface area (Å²) in [4.78, 5) is 2.38. The molecule has 0 spiro atoms. The van der Waals surface area contributed by atoms with Crippen LogP contribution in [0.4, 0.5) is 0 Å². The van der Waals surface area contributed by atoms with Crippen LogP contribution in [0.5, 0.6) is 5.75 Å². The van der Waals surface area contributed by atoms with Crippen LogP contribution in [0.25, 0.3) is 0 Å². The van der Waals surface area contributed by atoms with Gasteiger partial charge in [0.05, 0.1) is 5.56 Å². The van der Waals surface area contributed by atoms with Gasteiger partial charge in [-0.2, -0.15) is 0 Å². The number of nitrogens with zero attached hydrogens (tertiary/aromatic N) is 1. The number of hydrogen-bond donors (Lipinski definition) is 2. The lowest BCUT2D eigenvalue weighted by atomic mass is 10.1. The minimum absolute atomic E-state index is 0.0493. The average molecular weight is 277 g/mol. The molecule has 0 saturated heterocycles. The zero-order chi connectivity index (χ0) is 15.3. The van der Waals surface area contributed by atoms with Crippen LogP contribution in [-0.2, 0) is 0 Å². The topological polar surface area (TPSA) is 62.3 Å². The molecule has 0 unspecified atom stereocenters. The SMILES string of the molecule is Cc1ccc(OCCN(C(C)C)C(C)C)c(C(=N)N)c1. The normalized spacial score (nSPS) is 11.4. The van der Waals surface area contributed by atoms with Gasteiger partial charge in [-0.05, 0) is 46.8 Å². The molecule has 1 aromatic carbocycles. The van der Waals surface area contributed by atoms with Crippen LogP contribution in [0.3, 0.4) is 0 Å². The van der Waals surface area contributed by atoms with Gasteiger partial charge in [0.15, 0.2) is 0 Å². The highest BCUT2D eigenvalue weighted by Crippen LogP contribution is 2.19. The lowest BCUT2D eigenvalue weighted by molar-refractivity contribution is 0.142. The summed E-state index contributed by atoms with van der Waals surface area (Å²) in [5, 5.41) is 7.62. The smallest absolute Gasteiger partial charge is 0.130 e. The summed E-state index contributed by atoms with van der Waals surface area (Å²) in [5.74, 6) is 0.740. The van der Waals surface area contributed by atoms with Gasteiger partial charge < -0.3 is 10.5 Å². The molecule has 0 fully saturated rings. The van der Waals surface area contributed by atoms with E-state index in [1.165, 1.54) is 0 Å². The molecule has 0 aliphatic carbocycles. The summed E-state index contributed by atoms with van der Waals surface area (Å²) in [6.45, 7) is 12.2. The fourth-order valence-electron chi connectivity index (χ4n) is 2.35. The van der Waals surface area contributed by atoms with Gasteiger partial charge in [-0.1, -0.05) is 11.6 Å². The van der Waals surface area contributed by atoms with Gasteiger partial charge in [-0.15, -0.1) is 0 Å². The zero-order valence-corrected chi connectivity index (χ0v) is 13.2. The van der Waals surface area contributed by atoms with Crippen molar-refractivity contribution in [2.45, 2.75) is 46.7 Å². The molecule has 0 atom stereocenters. The van der Waals surface area contributed by atoms with E-state index < -0.39 is 0 Å². The van der Waals surface area contributed by atoms with E-state index in [0.29, 0.717) is 30.0 Å². The lowest BCUT2D eigenvalue weighted by Gasteiger charge is -2.30. The van der Waals surface area contributed by atoms with Gasteiger partial charge in [0, 0.05) is 18.6 Å². The van der Waals surface area contributed by atoms with Crippen molar-refractivity contribution in [3.05, 3.63) is 29.3 Å². The molecule has 0 aromatic heterocycles. The molecule has 20 heavy (non-hydrogen) atoms. The number of ether oxygens (including phenoxy) is 1. The van der Waals surface area contributed by atoms with Crippen LogP contribution in [0.15, 0.2) is 18.2 Å². The van der Waals surface area contributed by atoms with Gasteiger partial charge in [0.25, 0.3) is 0 Å². The summed E-state index contributed by atoms with van der Waals surface area (Å²) in [5.41, 5.74) is 7.35. The van der Waals surface area contributed by atoms with E-state index in [1.54, 1.807) is 0 Å². The first-order chi connectivity index (χ1) is 9.32. The minimum atomic E-state index is 0.0493. The van der Waals surface area contributed by atoms with E-state index in [0.717, 1.165) is 12.1 Å². The first kappa shape index (κ1) is 16.5. The monoisotopic (exact) mass is 277 g/mol. The fraction of sp³-hybridized carbons (Fsp3) is 0.562. The van der Waals surface area contributed by atoms with Crippen molar-refractivity contribution < 1.29 is 4.74 Å². The highest BCUT2D eigenvalue weighted by atomic mass is 16.5. The summed E-state index contributed by atoms with van der Waals surface area (Å²) >= 11 is 0. The fourth-order valence-corrected chi connectivity index (χ4v) is 2.35. The van der Waals surface area contributed by atoms with E-state index in [4.69, 9.17) is 15.9 Å². The molecule has 0 aliphatic rings. The van der Waals surface area contributed by atoms with Crippen molar-refractivity contribution in [2.24, 2.45) is 5.73 Å². The van der Waals surface area contributed by atoms with Crippen LogP contribution in [-0.4, -0.2) is 36.0 Å². The van der Waals surface area contributed by atoms with Gasteiger partial charge in [-0.25, -0.2) is 0 Å². The van der Waals surface area contributed by atoms with Crippen molar-refractivity contribution in [1.29, 1.82) is 5.41 Å². The van der Waals surface area contributed by atoms with Crippen molar-refractivity contribution in [2.75, 3.05) is 13.2 Å². The molecular formula is C16H27N3O. The number of nitrogens with two attached hydrogens (primary N) is 1. The van der Waals surface area contributed by atoms with Crippen molar-refractivity contribution in [1.82, 2.24) is 4.90 Å². The lowest BCUT2D eigenvalue weighted by Crippen LogP contribution is -2.39. The molecule has 112 valence electrons. The molecule has 0 aliphatic heterocycles. The third-order valence-corrected chi connectivity index (χ3v) is 3.36. The van der Waals surface area contributed by atoms with Crippen LogP contribution in [0.1, 0.15) is 38.8 Å². The molecule has 0 saturated carbocycles. The third-order valence-electron chi connectivity index (χ3n) is 3.36. The number of nitrogens with one attached hydrogen (secondary N) is 1. The van der Waals surface area contributed by atoms with Crippen LogP contribution >= 0.6 is 0 Å². The summed E-state index contributed by atoms with van der Waals surface area (Å²) in [7, 11) is 0. The van der Waals surface area contributed by atoms with Crippen molar-refractivity contribution in [3.8, 4) is 5.75 Å². The summed E-state index contributed by atoms with van der Waals surface area (Å²) in [6, 6.07) is 6.74. The standard InChI is InChI=1S/C16H27N3O/c1-11(2)19(12(3)4)8-9-20-15-7-6-13(5)10-14(15)16(17)18/h6-7,10-12H,8-9H2,1-5H3,(H3,17,18). The highest BCUT2D eigenvalue weighted by Gasteiger charge is 2.13. The maximum atomic E-state index is 7.62. The van der Waals surface area contributed by atoms with Gasteiger partial charge in [-0.3, -0.25) is 10.3 Å². The number of benzene rings is 1. The average Bonchev–Trinajstić information content (AvgIpc) is 2.34. The second-order valence-corrected chi connectivity index (χ2v) is 5.69. The molecule has 4 nitrogen and oxygen atoms in total. The molecule has 0 bridgehead atoms. The maximum Gasteiger partial charge on any atom is 0.130 e. The van der Waals surface area contributed by atoms with Crippen LogP contribution < -0.4 is 10.5 Å². The molecule has 1 aromatic rings. The quantitative estimate of drug-likeness (QED) is 0.595. The highest BCUT2D eigenvalue weighted by molar-refractivity contribution is 5.97. The van der Waals surface area contributed by atoms with Gasteiger partial charge in [0.2, 0.25) is 0 Å². The Morgan fingerprint density at radius 1 is 1.25 bits per heavy atom. The maximum absolute atomic E-state index is 7.62. The first-order valence-corrected chi connectivity index (χ1v) is 7.16. The Balaban J connectivity index is 2.68. The van der Waals surface area contributed by atoms with E-state index >= 15 is 0 Å². The molecule has 1 rings (SSSR count). The predicted molar refractivity (Wildman–Crippen MR) is 84.7 cm³/mol. The van der Waals surface area contributed by atoms with Gasteiger partial charge in [0.1, 0.15) is 18.2 Å². The largest absolute Gasteiger partial charge is 0.491 e. The number of nitrogen functional groups attached to an aromatic ring is 1. The molecule has 3 N–H and O–H groups in total. The Labute approximate surface area is 122 Å². The number of aryl methyl sites for hydroxylation is 1.